The molecule has 1 unspecified atom stereocenters. The fraction of sp³-hybridized carbons (Fsp3) is 0.0556. The largest absolute Gasteiger partial charge is 0.252 e. The SMILES string of the molecule is C1=CC(C2=N\c3ccccc3\C(c3ccccc3)=C/C=C/2)CC=C1c1ccc2c(c1)C1(c3ccccc3-c3ccccc3-c3ccccc31)c1ccccc1-2. The second kappa shape index (κ2) is 12.6. The van der Waals surface area contributed by atoms with E-state index in [-0.39, 0.29) is 5.92 Å². The van der Waals surface area contributed by atoms with Gasteiger partial charge < -0.3 is 0 Å². The van der Waals surface area contributed by atoms with Crippen LogP contribution in [0.25, 0.3) is 44.5 Å². The highest BCUT2D eigenvalue weighted by atomic mass is 14.8. The van der Waals surface area contributed by atoms with Gasteiger partial charge in [-0.3, -0.25) is 4.99 Å². The van der Waals surface area contributed by atoms with Crippen molar-refractivity contribution in [3.8, 4) is 33.4 Å². The molecule has 0 fully saturated rings. The number of benzene rings is 7. The van der Waals surface area contributed by atoms with Crippen molar-refractivity contribution in [1.82, 2.24) is 0 Å². The third kappa shape index (κ3) is 4.83. The Bertz CT molecular complexity index is 2780. The minimum atomic E-state index is -0.479. The van der Waals surface area contributed by atoms with Gasteiger partial charge >= 0.3 is 0 Å². The molecule has 55 heavy (non-hydrogen) atoms. The Morgan fingerprint density at radius 2 is 1.00 bits per heavy atom. The summed E-state index contributed by atoms with van der Waals surface area (Å²) in [5.41, 5.74) is 20.8. The Labute approximate surface area is 322 Å². The second-order valence-electron chi connectivity index (χ2n) is 14.9. The highest BCUT2D eigenvalue weighted by Gasteiger charge is 2.49. The number of fused-ring (bicyclic) bond motifs is 13. The van der Waals surface area contributed by atoms with Crippen LogP contribution in [0.2, 0.25) is 0 Å². The third-order valence-corrected chi connectivity index (χ3v) is 12.1. The molecule has 0 amide bonds. The lowest BCUT2D eigenvalue weighted by Gasteiger charge is -2.35. The number of para-hydroxylation sites is 1. The van der Waals surface area contributed by atoms with Gasteiger partial charge in [-0.15, -0.1) is 0 Å². The predicted molar refractivity (Wildman–Crippen MR) is 230 cm³/mol. The average Bonchev–Trinajstić information content (AvgIpc) is 3.48. The van der Waals surface area contributed by atoms with Crippen molar-refractivity contribution in [3.05, 3.63) is 245 Å². The van der Waals surface area contributed by atoms with Crippen LogP contribution in [0, 0.1) is 5.92 Å². The first-order chi connectivity index (χ1) is 27.3. The summed E-state index contributed by atoms with van der Waals surface area (Å²) in [7, 11) is 0. The molecule has 0 radical (unpaired) electrons. The fourth-order valence-corrected chi connectivity index (χ4v) is 9.66. The summed E-state index contributed by atoms with van der Waals surface area (Å²) in [6.07, 6.45) is 14.6. The maximum atomic E-state index is 5.30. The van der Waals surface area contributed by atoms with Crippen LogP contribution in [-0.4, -0.2) is 5.71 Å². The molecule has 258 valence electrons. The Morgan fingerprint density at radius 1 is 0.455 bits per heavy atom. The van der Waals surface area contributed by atoms with Gasteiger partial charge in [0, 0.05) is 17.2 Å². The smallest absolute Gasteiger partial charge is 0.0725 e. The third-order valence-electron chi connectivity index (χ3n) is 12.1. The van der Waals surface area contributed by atoms with Gasteiger partial charge in [0.25, 0.3) is 0 Å². The topological polar surface area (TPSA) is 12.4 Å². The molecule has 1 atom stereocenters. The summed E-state index contributed by atoms with van der Waals surface area (Å²) < 4.78 is 0. The Kier molecular flexibility index (Phi) is 7.28. The van der Waals surface area contributed by atoms with Crippen molar-refractivity contribution >= 4 is 22.5 Å². The van der Waals surface area contributed by atoms with Gasteiger partial charge in [-0.25, -0.2) is 0 Å². The van der Waals surface area contributed by atoms with E-state index in [2.05, 4.69) is 206 Å². The minimum absolute atomic E-state index is 0.184. The van der Waals surface area contributed by atoms with E-state index in [1.165, 1.54) is 77.9 Å². The maximum Gasteiger partial charge on any atom is 0.0725 e. The first-order valence-electron chi connectivity index (χ1n) is 19.3. The predicted octanol–water partition coefficient (Wildman–Crippen LogP) is 13.4. The maximum absolute atomic E-state index is 5.30. The molecule has 1 heterocycles. The number of allylic oxidation sites excluding steroid dienone is 7. The fourth-order valence-electron chi connectivity index (χ4n) is 9.66. The highest BCUT2D eigenvalue weighted by Crippen LogP contribution is 2.61. The van der Waals surface area contributed by atoms with Gasteiger partial charge in [0.15, 0.2) is 0 Å². The van der Waals surface area contributed by atoms with Crippen molar-refractivity contribution in [1.29, 1.82) is 0 Å². The van der Waals surface area contributed by atoms with Crippen LogP contribution in [-0.2, 0) is 5.41 Å². The molecule has 0 aromatic heterocycles. The normalized spacial score (nSPS) is 19.3. The van der Waals surface area contributed by atoms with Crippen molar-refractivity contribution < 1.29 is 0 Å². The van der Waals surface area contributed by atoms with E-state index in [9.17, 15) is 0 Å². The van der Waals surface area contributed by atoms with E-state index < -0.39 is 5.41 Å². The molecule has 0 bridgehead atoms. The monoisotopic (exact) mass is 699 g/mol. The van der Waals surface area contributed by atoms with Gasteiger partial charge in [0.05, 0.1) is 11.1 Å². The van der Waals surface area contributed by atoms with E-state index in [0.29, 0.717) is 0 Å². The summed E-state index contributed by atoms with van der Waals surface area (Å²) in [5.74, 6) is 0.184. The standard InChI is InChI=1S/C54H37N/c1-2-15-37(16-3-1)40-23-14-28-52(55-53-27-13-9-22-47(40)53)38-31-29-36(30-32-38)39-33-34-46-45-21-8-12-26-50(45)54(51(46)35-39)48-24-10-6-19-43(48)41-17-4-5-18-42(41)44-20-7-11-25-49(44)54/h1-31,33-35,38H,32H2/b23-14?,28-14+,40-23-,47-40?,52-28?,55-52+,55-53?. The summed E-state index contributed by atoms with van der Waals surface area (Å²) in [6.45, 7) is 0. The molecule has 0 saturated heterocycles. The molecular formula is C54H37N. The van der Waals surface area contributed by atoms with E-state index in [1.807, 2.05) is 0 Å². The number of aliphatic imine (C=N–C) groups is 1. The molecule has 1 nitrogen and oxygen atoms in total. The first-order valence-corrected chi connectivity index (χ1v) is 19.3. The number of hydrogen-bond donors (Lipinski definition) is 0. The first kappa shape index (κ1) is 31.7. The second-order valence-corrected chi connectivity index (χ2v) is 14.9. The molecule has 1 heteroatoms. The lowest BCUT2D eigenvalue weighted by atomic mass is 9.65. The summed E-state index contributed by atoms with van der Waals surface area (Å²) in [5, 5.41) is 0. The highest BCUT2D eigenvalue weighted by molar-refractivity contribution is 6.03. The molecule has 11 rings (SSSR count). The van der Waals surface area contributed by atoms with Crippen LogP contribution in [0.5, 0.6) is 0 Å². The van der Waals surface area contributed by atoms with E-state index >= 15 is 0 Å². The van der Waals surface area contributed by atoms with Gasteiger partial charge in [-0.2, -0.15) is 0 Å². The molecule has 1 aliphatic heterocycles. The van der Waals surface area contributed by atoms with Crippen LogP contribution in [0.15, 0.2) is 211 Å². The summed E-state index contributed by atoms with van der Waals surface area (Å²) in [4.78, 5) is 5.30. The van der Waals surface area contributed by atoms with Crippen LogP contribution >= 0.6 is 0 Å². The van der Waals surface area contributed by atoms with Gasteiger partial charge in [0.1, 0.15) is 0 Å². The van der Waals surface area contributed by atoms with Crippen molar-refractivity contribution in [2.75, 3.05) is 0 Å². The zero-order chi connectivity index (χ0) is 36.3. The van der Waals surface area contributed by atoms with Gasteiger partial charge in [-0.1, -0.05) is 188 Å². The van der Waals surface area contributed by atoms with Crippen LogP contribution in [0.3, 0.4) is 0 Å². The molecule has 0 saturated carbocycles. The van der Waals surface area contributed by atoms with E-state index in [4.69, 9.17) is 4.99 Å². The van der Waals surface area contributed by atoms with Crippen LogP contribution in [0.4, 0.5) is 5.69 Å². The Morgan fingerprint density at radius 3 is 1.64 bits per heavy atom. The summed E-state index contributed by atoms with van der Waals surface area (Å²) >= 11 is 0. The quantitative estimate of drug-likeness (QED) is 0.174. The van der Waals surface area contributed by atoms with Crippen molar-refractivity contribution in [3.63, 3.8) is 0 Å². The average molecular weight is 700 g/mol. The lowest BCUT2D eigenvalue weighted by molar-refractivity contribution is 0.775. The lowest BCUT2D eigenvalue weighted by Crippen LogP contribution is -2.29. The summed E-state index contributed by atoms with van der Waals surface area (Å²) in [6, 6.07) is 62.6. The molecular weight excluding hydrogens is 663 g/mol. The Balaban J connectivity index is 1.02. The zero-order valence-electron chi connectivity index (χ0n) is 30.4. The molecule has 1 spiro atoms. The molecule has 0 N–H and O–H groups in total. The van der Waals surface area contributed by atoms with E-state index in [1.54, 1.807) is 0 Å². The zero-order valence-corrected chi connectivity index (χ0v) is 30.4. The number of rotatable bonds is 3. The van der Waals surface area contributed by atoms with Gasteiger partial charge in [-0.05, 0) is 103 Å². The van der Waals surface area contributed by atoms with Gasteiger partial charge in [0.2, 0.25) is 0 Å². The minimum Gasteiger partial charge on any atom is -0.252 e. The van der Waals surface area contributed by atoms with Crippen molar-refractivity contribution in [2.45, 2.75) is 11.8 Å². The Hall–Kier alpha value is -6.83. The molecule has 4 aliphatic rings. The van der Waals surface area contributed by atoms with Crippen molar-refractivity contribution in [2.24, 2.45) is 10.9 Å². The number of hydrogen-bond acceptors (Lipinski definition) is 1. The van der Waals surface area contributed by atoms with E-state index in [0.717, 1.165) is 23.4 Å². The number of nitrogens with zero attached hydrogens (tertiary/aromatic N) is 1. The van der Waals surface area contributed by atoms with Crippen LogP contribution < -0.4 is 0 Å². The van der Waals surface area contributed by atoms with Crippen LogP contribution in [0.1, 0.15) is 45.4 Å². The molecule has 7 aromatic carbocycles. The molecule has 3 aliphatic carbocycles. The molecule has 7 aromatic rings.